The number of carbonyl (C=O) groups excluding carboxylic acids is 1. The van der Waals surface area contributed by atoms with Gasteiger partial charge in [0.1, 0.15) is 5.82 Å². The van der Waals surface area contributed by atoms with E-state index in [9.17, 15) is 9.18 Å². The molecule has 1 amide bonds. The van der Waals surface area contributed by atoms with Gasteiger partial charge in [0.25, 0.3) is 5.91 Å². The maximum Gasteiger partial charge on any atom is 0.256 e. The van der Waals surface area contributed by atoms with Crippen LogP contribution in [0.3, 0.4) is 0 Å². The van der Waals surface area contributed by atoms with Gasteiger partial charge in [-0.15, -0.1) is 0 Å². The number of carbonyl (C=O) groups is 1. The summed E-state index contributed by atoms with van der Waals surface area (Å²) in [4.78, 5) is 14.2. The Hall–Kier alpha value is -1.68. The summed E-state index contributed by atoms with van der Waals surface area (Å²) in [5.74, 6) is 0.139. The van der Waals surface area contributed by atoms with Gasteiger partial charge in [-0.1, -0.05) is 24.3 Å². The quantitative estimate of drug-likeness (QED) is 0.864. The van der Waals surface area contributed by atoms with E-state index in [2.05, 4.69) is 17.5 Å². The molecule has 0 spiro atoms. The number of halogens is 1. The second-order valence-electron chi connectivity index (χ2n) is 6.61. The van der Waals surface area contributed by atoms with Crippen molar-refractivity contribution < 1.29 is 9.18 Å². The molecule has 124 valence electrons. The number of piperidine rings is 1. The molecule has 3 rings (SSSR count). The second kappa shape index (κ2) is 7.73. The standard InChI is InChI=1S/C19H25FN2O/c20-18-9-5-4-8-17(18)19(23)22-12-10-16(11-13-22)21-14-15-6-2-1-3-7-15/h1-2,4-5,8-9,15-16,21H,3,6-7,10-14H2. The molecule has 1 aliphatic heterocycles. The Kier molecular flexibility index (Phi) is 5.44. The first kappa shape index (κ1) is 16.2. The van der Waals surface area contributed by atoms with Gasteiger partial charge in [-0.2, -0.15) is 0 Å². The Balaban J connectivity index is 1.45. The lowest BCUT2D eigenvalue weighted by atomic mass is 9.93. The third-order valence-electron chi connectivity index (χ3n) is 4.96. The molecular formula is C19H25FN2O. The molecule has 4 heteroatoms. The van der Waals surface area contributed by atoms with Crippen LogP contribution < -0.4 is 5.32 Å². The molecule has 1 aliphatic carbocycles. The van der Waals surface area contributed by atoms with Gasteiger partial charge in [-0.25, -0.2) is 4.39 Å². The van der Waals surface area contributed by atoms with Crippen molar-refractivity contribution in [2.24, 2.45) is 5.92 Å². The van der Waals surface area contributed by atoms with Crippen molar-refractivity contribution in [2.45, 2.75) is 38.1 Å². The van der Waals surface area contributed by atoms with Gasteiger partial charge in [0.15, 0.2) is 0 Å². The first-order valence-electron chi connectivity index (χ1n) is 8.66. The van der Waals surface area contributed by atoms with Gasteiger partial charge in [-0.05, 0) is 56.7 Å². The number of nitrogens with zero attached hydrogens (tertiary/aromatic N) is 1. The lowest BCUT2D eigenvalue weighted by molar-refractivity contribution is 0.0699. The minimum absolute atomic E-state index is 0.182. The maximum atomic E-state index is 13.7. The van der Waals surface area contributed by atoms with Crippen molar-refractivity contribution in [1.29, 1.82) is 0 Å². The molecule has 1 aromatic carbocycles. The first-order chi connectivity index (χ1) is 11.2. The molecule has 1 fully saturated rings. The van der Waals surface area contributed by atoms with Crippen molar-refractivity contribution in [1.82, 2.24) is 10.2 Å². The summed E-state index contributed by atoms with van der Waals surface area (Å²) in [6.07, 6.45) is 10.1. The molecule has 1 heterocycles. The molecule has 0 saturated carbocycles. The number of amides is 1. The summed E-state index contributed by atoms with van der Waals surface area (Å²) in [6.45, 7) is 2.47. The van der Waals surface area contributed by atoms with Crippen molar-refractivity contribution in [3.63, 3.8) is 0 Å². The normalized spacial score (nSPS) is 22.3. The van der Waals surface area contributed by atoms with Crippen LogP contribution in [0.2, 0.25) is 0 Å². The Bertz CT molecular complexity index is 564. The number of benzene rings is 1. The predicted molar refractivity (Wildman–Crippen MR) is 89.8 cm³/mol. The van der Waals surface area contributed by atoms with E-state index >= 15 is 0 Å². The zero-order chi connectivity index (χ0) is 16.1. The molecule has 1 N–H and O–H groups in total. The molecule has 0 bridgehead atoms. The molecule has 1 unspecified atom stereocenters. The highest BCUT2D eigenvalue weighted by molar-refractivity contribution is 5.94. The Labute approximate surface area is 137 Å². The fraction of sp³-hybridized carbons (Fsp3) is 0.526. The SMILES string of the molecule is O=C(c1ccccc1F)N1CCC(NCC2CC=CCC2)CC1. The number of rotatable bonds is 4. The van der Waals surface area contributed by atoms with E-state index in [1.165, 1.54) is 25.3 Å². The van der Waals surface area contributed by atoms with E-state index in [4.69, 9.17) is 0 Å². The highest BCUT2D eigenvalue weighted by Crippen LogP contribution is 2.19. The minimum Gasteiger partial charge on any atom is -0.338 e. The smallest absolute Gasteiger partial charge is 0.256 e. The summed E-state index contributed by atoms with van der Waals surface area (Å²) in [5.41, 5.74) is 0.188. The number of hydrogen-bond donors (Lipinski definition) is 1. The predicted octanol–water partition coefficient (Wildman–Crippen LogP) is 3.38. The zero-order valence-corrected chi connectivity index (χ0v) is 13.5. The van der Waals surface area contributed by atoms with Crippen LogP contribution in [-0.2, 0) is 0 Å². The van der Waals surface area contributed by atoms with E-state index in [1.54, 1.807) is 23.1 Å². The van der Waals surface area contributed by atoms with Crippen LogP contribution in [0.4, 0.5) is 4.39 Å². The lowest BCUT2D eigenvalue weighted by Gasteiger charge is -2.33. The lowest BCUT2D eigenvalue weighted by Crippen LogP contribution is -2.46. The zero-order valence-electron chi connectivity index (χ0n) is 13.5. The number of allylic oxidation sites excluding steroid dienone is 2. The molecular weight excluding hydrogens is 291 g/mol. The maximum absolute atomic E-state index is 13.7. The number of hydrogen-bond acceptors (Lipinski definition) is 2. The van der Waals surface area contributed by atoms with Crippen molar-refractivity contribution >= 4 is 5.91 Å². The van der Waals surface area contributed by atoms with E-state index in [-0.39, 0.29) is 11.5 Å². The number of likely N-dealkylation sites (tertiary alicyclic amines) is 1. The highest BCUT2D eigenvalue weighted by atomic mass is 19.1. The monoisotopic (exact) mass is 316 g/mol. The highest BCUT2D eigenvalue weighted by Gasteiger charge is 2.25. The Morgan fingerprint density at radius 3 is 2.65 bits per heavy atom. The van der Waals surface area contributed by atoms with Gasteiger partial charge in [0, 0.05) is 19.1 Å². The van der Waals surface area contributed by atoms with E-state index in [0.29, 0.717) is 19.1 Å². The first-order valence-corrected chi connectivity index (χ1v) is 8.66. The minimum atomic E-state index is -0.428. The third-order valence-corrected chi connectivity index (χ3v) is 4.96. The largest absolute Gasteiger partial charge is 0.338 e. The number of nitrogens with one attached hydrogen (secondary N) is 1. The summed E-state index contributed by atoms with van der Waals surface area (Å²) in [6, 6.07) is 6.72. The topological polar surface area (TPSA) is 32.3 Å². The van der Waals surface area contributed by atoms with Gasteiger partial charge in [-0.3, -0.25) is 4.79 Å². The fourth-order valence-corrected chi connectivity index (χ4v) is 3.47. The van der Waals surface area contributed by atoms with Crippen LogP contribution in [0, 0.1) is 11.7 Å². The van der Waals surface area contributed by atoms with Crippen molar-refractivity contribution in [2.75, 3.05) is 19.6 Å². The average Bonchev–Trinajstić information content (AvgIpc) is 2.61. The average molecular weight is 316 g/mol. The van der Waals surface area contributed by atoms with Crippen LogP contribution in [-0.4, -0.2) is 36.5 Å². The summed E-state index contributed by atoms with van der Waals surface area (Å²) >= 11 is 0. The molecule has 1 atom stereocenters. The van der Waals surface area contributed by atoms with Crippen LogP contribution in [0.5, 0.6) is 0 Å². The van der Waals surface area contributed by atoms with Gasteiger partial charge in [0.05, 0.1) is 5.56 Å². The molecule has 23 heavy (non-hydrogen) atoms. The fourth-order valence-electron chi connectivity index (χ4n) is 3.47. The Morgan fingerprint density at radius 1 is 1.17 bits per heavy atom. The molecule has 1 saturated heterocycles. The van der Waals surface area contributed by atoms with Gasteiger partial charge >= 0.3 is 0 Å². The Morgan fingerprint density at radius 2 is 1.96 bits per heavy atom. The van der Waals surface area contributed by atoms with E-state index in [0.717, 1.165) is 25.3 Å². The van der Waals surface area contributed by atoms with Crippen molar-refractivity contribution in [3.05, 3.63) is 47.8 Å². The van der Waals surface area contributed by atoms with Gasteiger partial charge in [0.2, 0.25) is 0 Å². The molecule has 2 aliphatic rings. The second-order valence-corrected chi connectivity index (χ2v) is 6.61. The van der Waals surface area contributed by atoms with Crippen LogP contribution in [0.25, 0.3) is 0 Å². The van der Waals surface area contributed by atoms with Crippen LogP contribution in [0.1, 0.15) is 42.5 Å². The molecule has 3 nitrogen and oxygen atoms in total. The third kappa shape index (κ3) is 4.20. The summed E-state index contributed by atoms with van der Waals surface area (Å²) < 4.78 is 13.7. The van der Waals surface area contributed by atoms with Crippen LogP contribution in [0.15, 0.2) is 36.4 Å². The molecule has 0 aromatic heterocycles. The van der Waals surface area contributed by atoms with E-state index in [1.807, 2.05) is 0 Å². The van der Waals surface area contributed by atoms with Crippen LogP contribution >= 0.6 is 0 Å². The van der Waals surface area contributed by atoms with Gasteiger partial charge < -0.3 is 10.2 Å². The van der Waals surface area contributed by atoms with Crippen molar-refractivity contribution in [3.8, 4) is 0 Å². The summed E-state index contributed by atoms with van der Waals surface area (Å²) in [5, 5.41) is 3.66. The van der Waals surface area contributed by atoms with E-state index < -0.39 is 5.82 Å². The molecule has 1 aromatic rings. The summed E-state index contributed by atoms with van der Waals surface area (Å²) in [7, 11) is 0. The molecule has 0 radical (unpaired) electrons.